The van der Waals surface area contributed by atoms with Gasteiger partial charge in [0, 0.05) is 30.8 Å². The maximum atomic E-state index is 12.7. The number of pyridine rings is 1. The Labute approximate surface area is 140 Å². The fraction of sp³-hybridized carbons (Fsp3) is 0.389. The van der Waals surface area contributed by atoms with Crippen molar-refractivity contribution in [2.24, 2.45) is 11.7 Å². The Bertz CT molecular complexity index is 737. The van der Waals surface area contributed by atoms with Crippen LogP contribution in [0.4, 0.5) is 0 Å². The normalized spacial score (nSPS) is 23.7. The maximum Gasteiger partial charge on any atom is 0.340 e. The zero-order chi connectivity index (χ0) is 17.3. The van der Waals surface area contributed by atoms with E-state index in [9.17, 15) is 9.59 Å². The minimum atomic E-state index is -0.596. The van der Waals surface area contributed by atoms with E-state index < -0.39 is 11.9 Å². The summed E-state index contributed by atoms with van der Waals surface area (Å²) in [5, 5.41) is 0. The molecule has 0 saturated heterocycles. The molecule has 0 amide bonds. The van der Waals surface area contributed by atoms with Crippen molar-refractivity contribution in [3.63, 3.8) is 0 Å². The number of rotatable bonds is 3. The third kappa shape index (κ3) is 2.79. The van der Waals surface area contributed by atoms with Crippen molar-refractivity contribution in [3.05, 3.63) is 52.9 Å². The Hall–Kier alpha value is -2.63. The number of Topliss-reactive ketones (excluding diaryl/α,β-unsaturated/α-hetero) is 1. The molecule has 0 radical (unpaired) electrons. The Morgan fingerprint density at radius 2 is 2.25 bits per heavy atom. The van der Waals surface area contributed by atoms with E-state index in [2.05, 4.69) is 4.98 Å². The minimum absolute atomic E-state index is 0.00273. The van der Waals surface area contributed by atoms with Gasteiger partial charge >= 0.3 is 5.97 Å². The molecule has 0 aromatic carbocycles. The Kier molecular flexibility index (Phi) is 4.38. The quantitative estimate of drug-likeness (QED) is 0.855. The van der Waals surface area contributed by atoms with Crippen LogP contribution < -0.4 is 5.73 Å². The van der Waals surface area contributed by atoms with E-state index in [-0.39, 0.29) is 29.8 Å². The van der Waals surface area contributed by atoms with Gasteiger partial charge in [-0.15, -0.1) is 0 Å². The molecule has 2 atom stereocenters. The van der Waals surface area contributed by atoms with Gasteiger partial charge in [0.25, 0.3) is 0 Å². The highest BCUT2D eigenvalue weighted by molar-refractivity contribution is 6.03. The van der Waals surface area contributed by atoms with Crippen LogP contribution in [-0.4, -0.2) is 23.3 Å². The van der Waals surface area contributed by atoms with Gasteiger partial charge in [-0.3, -0.25) is 9.78 Å². The average Bonchev–Trinajstić information content (AvgIpc) is 2.54. The Balaban J connectivity index is 2.15. The second kappa shape index (κ2) is 6.47. The lowest BCUT2D eigenvalue weighted by Gasteiger charge is -2.33. The van der Waals surface area contributed by atoms with Gasteiger partial charge in [0.15, 0.2) is 5.78 Å². The first-order valence-electron chi connectivity index (χ1n) is 8.03. The van der Waals surface area contributed by atoms with E-state index in [0.29, 0.717) is 24.2 Å². The fourth-order valence-electron chi connectivity index (χ4n) is 3.28. The van der Waals surface area contributed by atoms with Crippen LogP contribution in [0.5, 0.6) is 0 Å². The SMILES string of the molecule is CCOC(=O)C1=C(N)OC2=C(C(=O)C[C@@H](C)C2)[C@H]1c1cccnc1. The molecular formula is C18H20N2O4. The molecule has 1 aliphatic heterocycles. The van der Waals surface area contributed by atoms with Gasteiger partial charge in [0.2, 0.25) is 5.88 Å². The summed E-state index contributed by atoms with van der Waals surface area (Å²) in [5.74, 6) is -0.445. The van der Waals surface area contributed by atoms with Crippen molar-refractivity contribution in [3.8, 4) is 0 Å². The topological polar surface area (TPSA) is 91.5 Å². The maximum absolute atomic E-state index is 12.7. The molecule has 0 saturated carbocycles. The summed E-state index contributed by atoms with van der Waals surface area (Å²) in [6.45, 7) is 3.92. The molecule has 126 valence electrons. The molecule has 0 fully saturated rings. The number of ether oxygens (including phenoxy) is 2. The number of hydrogen-bond donors (Lipinski definition) is 1. The number of ketones is 1. The first-order valence-corrected chi connectivity index (χ1v) is 8.03. The lowest BCUT2D eigenvalue weighted by molar-refractivity contribution is -0.139. The van der Waals surface area contributed by atoms with Crippen molar-refractivity contribution >= 4 is 11.8 Å². The molecule has 2 heterocycles. The summed E-state index contributed by atoms with van der Waals surface area (Å²) in [4.78, 5) is 29.2. The van der Waals surface area contributed by atoms with Crippen molar-refractivity contribution in [2.45, 2.75) is 32.6 Å². The van der Waals surface area contributed by atoms with Gasteiger partial charge in [-0.2, -0.15) is 0 Å². The number of nitrogens with two attached hydrogens (primary N) is 1. The Morgan fingerprint density at radius 1 is 1.46 bits per heavy atom. The molecule has 1 aliphatic carbocycles. The lowest BCUT2D eigenvalue weighted by Crippen LogP contribution is -2.33. The number of carbonyl (C=O) groups is 2. The fourth-order valence-corrected chi connectivity index (χ4v) is 3.28. The van der Waals surface area contributed by atoms with E-state index in [1.54, 1.807) is 25.4 Å². The van der Waals surface area contributed by atoms with Gasteiger partial charge in [0.05, 0.1) is 12.5 Å². The highest BCUT2D eigenvalue weighted by Crippen LogP contribution is 2.44. The predicted molar refractivity (Wildman–Crippen MR) is 86.3 cm³/mol. The smallest absolute Gasteiger partial charge is 0.340 e. The molecule has 24 heavy (non-hydrogen) atoms. The van der Waals surface area contributed by atoms with Crippen LogP contribution >= 0.6 is 0 Å². The molecular weight excluding hydrogens is 308 g/mol. The molecule has 0 bridgehead atoms. The van der Waals surface area contributed by atoms with Crippen LogP contribution in [0.1, 0.15) is 38.2 Å². The van der Waals surface area contributed by atoms with Gasteiger partial charge in [-0.1, -0.05) is 13.0 Å². The number of esters is 1. The molecule has 0 spiro atoms. The predicted octanol–water partition coefficient (Wildman–Crippen LogP) is 2.18. The molecule has 0 unspecified atom stereocenters. The van der Waals surface area contributed by atoms with Crippen LogP contribution in [0.25, 0.3) is 0 Å². The lowest BCUT2D eigenvalue weighted by atomic mass is 9.75. The van der Waals surface area contributed by atoms with Crippen molar-refractivity contribution in [1.82, 2.24) is 4.98 Å². The average molecular weight is 328 g/mol. The molecule has 2 N–H and O–H groups in total. The largest absolute Gasteiger partial charge is 0.462 e. The molecule has 1 aromatic rings. The molecule has 3 rings (SSSR count). The molecule has 6 nitrogen and oxygen atoms in total. The third-order valence-corrected chi connectivity index (χ3v) is 4.26. The standard InChI is InChI=1S/C18H20N2O4/c1-3-23-18(22)16-14(11-5-4-6-20-9-11)15-12(21)7-10(2)8-13(15)24-17(16)19/h4-6,9-10,14H,3,7-8,19H2,1-2H3/t10-,14-/m1/s1. The summed E-state index contributed by atoms with van der Waals surface area (Å²) in [6.07, 6.45) is 4.32. The molecule has 6 heteroatoms. The first-order chi connectivity index (χ1) is 11.5. The van der Waals surface area contributed by atoms with Crippen LogP contribution in [0.3, 0.4) is 0 Å². The van der Waals surface area contributed by atoms with E-state index >= 15 is 0 Å². The van der Waals surface area contributed by atoms with Crippen molar-refractivity contribution < 1.29 is 19.1 Å². The number of carbonyl (C=O) groups excluding carboxylic acids is 2. The van der Waals surface area contributed by atoms with Gasteiger partial charge < -0.3 is 15.2 Å². The zero-order valence-electron chi connectivity index (χ0n) is 13.7. The van der Waals surface area contributed by atoms with E-state index in [0.717, 1.165) is 5.56 Å². The molecule has 1 aromatic heterocycles. The second-order valence-electron chi connectivity index (χ2n) is 6.09. The molecule has 2 aliphatic rings. The van der Waals surface area contributed by atoms with Crippen molar-refractivity contribution in [1.29, 1.82) is 0 Å². The van der Waals surface area contributed by atoms with Gasteiger partial charge in [-0.25, -0.2) is 4.79 Å². The van der Waals surface area contributed by atoms with E-state index in [4.69, 9.17) is 15.2 Å². The monoisotopic (exact) mass is 328 g/mol. The van der Waals surface area contributed by atoms with Crippen molar-refractivity contribution in [2.75, 3.05) is 6.61 Å². The van der Waals surface area contributed by atoms with Crippen LogP contribution in [0, 0.1) is 5.92 Å². The van der Waals surface area contributed by atoms with Gasteiger partial charge in [0.1, 0.15) is 11.3 Å². The number of allylic oxidation sites excluding steroid dienone is 2. The van der Waals surface area contributed by atoms with Crippen LogP contribution in [0.2, 0.25) is 0 Å². The highest BCUT2D eigenvalue weighted by Gasteiger charge is 2.42. The summed E-state index contributed by atoms with van der Waals surface area (Å²) < 4.78 is 10.8. The summed E-state index contributed by atoms with van der Waals surface area (Å²) in [7, 11) is 0. The first kappa shape index (κ1) is 16.2. The van der Waals surface area contributed by atoms with E-state index in [1.165, 1.54) is 0 Å². The van der Waals surface area contributed by atoms with Gasteiger partial charge in [-0.05, 0) is 24.5 Å². The van der Waals surface area contributed by atoms with Crippen LogP contribution in [0.15, 0.2) is 47.3 Å². The minimum Gasteiger partial charge on any atom is -0.462 e. The highest BCUT2D eigenvalue weighted by atomic mass is 16.5. The second-order valence-corrected chi connectivity index (χ2v) is 6.09. The number of nitrogens with zero attached hydrogens (tertiary/aromatic N) is 1. The summed E-state index contributed by atoms with van der Waals surface area (Å²) >= 11 is 0. The number of hydrogen-bond acceptors (Lipinski definition) is 6. The Morgan fingerprint density at radius 3 is 2.92 bits per heavy atom. The van der Waals surface area contributed by atoms with E-state index in [1.807, 2.05) is 13.0 Å². The number of aromatic nitrogens is 1. The summed E-state index contributed by atoms with van der Waals surface area (Å²) in [6, 6.07) is 3.59. The third-order valence-electron chi connectivity index (χ3n) is 4.26. The zero-order valence-corrected chi connectivity index (χ0v) is 13.7. The van der Waals surface area contributed by atoms with Crippen LogP contribution in [-0.2, 0) is 19.1 Å². The summed E-state index contributed by atoms with van der Waals surface area (Å²) in [5.41, 5.74) is 7.42.